The van der Waals surface area contributed by atoms with Crippen molar-refractivity contribution < 1.29 is 9.53 Å². The van der Waals surface area contributed by atoms with Crippen LogP contribution in [0.25, 0.3) is 16.5 Å². The van der Waals surface area contributed by atoms with Crippen molar-refractivity contribution in [3.63, 3.8) is 0 Å². The second kappa shape index (κ2) is 7.13. The monoisotopic (exact) mass is 333 g/mol. The summed E-state index contributed by atoms with van der Waals surface area (Å²) in [4.78, 5) is 23.9. The van der Waals surface area contributed by atoms with E-state index in [0.29, 0.717) is 5.57 Å². The lowest BCUT2D eigenvalue weighted by molar-refractivity contribution is -0.111. The molecule has 0 aliphatic carbocycles. The molecule has 5 heteroatoms. The van der Waals surface area contributed by atoms with Crippen LogP contribution >= 0.6 is 0 Å². The smallest absolute Gasteiger partial charge is 0.161 e. The quantitative estimate of drug-likeness (QED) is 0.572. The molecule has 5 nitrogen and oxygen atoms in total. The number of Topliss-reactive ketones (excluding diaryl/α,β-unsaturated/α-hetero) is 1. The zero-order valence-corrected chi connectivity index (χ0v) is 14.4. The Bertz CT molecular complexity index is 969. The summed E-state index contributed by atoms with van der Waals surface area (Å²) in [7, 11) is 3.34. The number of methoxy groups -OCH3 is 1. The highest BCUT2D eigenvalue weighted by molar-refractivity contribution is 6.27. The van der Waals surface area contributed by atoms with Gasteiger partial charge in [0.15, 0.2) is 5.78 Å². The van der Waals surface area contributed by atoms with Crippen LogP contribution in [-0.4, -0.2) is 35.6 Å². The number of ketones is 1. The molecule has 0 saturated carbocycles. The van der Waals surface area contributed by atoms with E-state index in [1.165, 1.54) is 0 Å². The van der Waals surface area contributed by atoms with Crippen molar-refractivity contribution >= 4 is 28.0 Å². The van der Waals surface area contributed by atoms with Gasteiger partial charge in [-0.1, -0.05) is 0 Å². The Morgan fingerprint density at radius 3 is 2.60 bits per heavy atom. The molecule has 2 aromatic heterocycles. The zero-order valence-electron chi connectivity index (χ0n) is 14.4. The van der Waals surface area contributed by atoms with Gasteiger partial charge in [-0.25, -0.2) is 0 Å². The molecule has 0 spiro atoms. The van der Waals surface area contributed by atoms with Gasteiger partial charge in [0.1, 0.15) is 5.75 Å². The van der Waals surface area contributed by atoms with Crippen LogP contribution in [0.1, 0.15) is 18.2 Å². The summed E-state index contributed by atoms with van der Waals surface area (Å²) in [6.45, 7) is 1.55. The number of allylic oxidation sites excluding steroid dienone is 2. The van der Waals surface area contributed by atoms with E-state index in [1.807, 2.05) is 36.4 Å². The number of fused-ring (bicyclic) bond motifs is 1. The van der Waals surface area contributed by atoms with Crippen molar-refractivity contribution in [3.05, 3.63) is 66.1 Å². The number of aromatic nitrogens is 2. The maximum Gasteiger partial charge on any atom is 0.161 e. The van der Waals surface area contributed by atoms with Crippen molar-refractivity contribution in [3.8, 4) is 5.75 Å². The van der Waals surface area contributed by atoms with Crippen LogP contribution < -0.4 is 4.74 Å². The molecule has 0 atom stereocenters. The van der Waals surface area contributed by atoms with E-state index in [4.69, 9.17) is 4.74 Å². The number of carbonyl (C=O) groups excluding carboxylic acids is 1. The first kappa shape index (κ1) is 16.6. The minimum absolute atomic E-state index is 0.0336. The molecular formula is C20H19N3O2. The van der Waals surface area contributed by atoms with Gasteiger partial charge in [0, 0.05) is 47.5 Å². The molecule has 0 fully saturated rings. The van der Waals surface area contributed by atoms with Crippen LogP contribution in [0.4, 0.5) is 0 Å². The Hall–Kier alpha value is -3.21. The number of aliphatic imine (C=N–C) groups is 1. The number of nitrogens with one attached hydrogen (secondary N) is 1. The van der Waals surface area contributed by atoms with E-state index in [-0.39, 0.29) is 5.78 Å². The summed E-state index contributed by atoms with van der Waals surface area (Å²) in [6, 6.07) is 11.5. The Morgan fingerprint density at radius 1 is 1.20 bits per heavy atom. The average Bonchev–Trinajstić information content (AvgIpc) is 3.05. The molecule has 3 aromatic rings. The van der Waals surface area contributed by atoms with Crippen LogP contribution in [0, 0.1) is 0 Å². The van der Waals surface area contributed by atoms with E-state index in [0.717, 1.165) is 33.6 Å². The molecule has 1 N–H and O–H groups in total. The van der Waals surface area contributed by atoms with Gasteiger partial charge in [0.2, 0.25) is 0 Å². The topological polar surface area (TPSA) is 67.3 Å². The molecule has 0 radical (unpaired) electrons. The van der Waals surface area contributed by atoms with Crippen LogP contribution in [0.15, 0.2) is 59.9 Å². The van der Waals surface area contributed by atoms with Crippen LogP contribution in [0.2, 0.25) is 0 Å². The lowest BCUT2D eigenvalue weighted by Gasteiger charge is -2.04. The number of ether oxygens (including phenoxy) is 1. The number of benzene rings is 1. The molecule has 1 aromatic carbocycles. The first-order valence-corrected chi connectivity index (χ1v) is 7.89. The van der Waals surface area contributed by atoms with E-state index in [9.17, 15) is 4.79 Å². The third-order valence-corrected chi connectivity index (χ3v) is 4.00. The van der Waals surface area contributed by atoms with Crippen molar-refractivity contribution in [1.29, 1.82) is 0 Å². The predicted octanol–water partition coefficient (Wildman–Crippen LogP) is 3.66. The number of aromatic amines is 1. The largest absolute Gasteiger partial charge is 0.497 e. The molecule has 2 heterocycles. The molecule has 0 aliphatic rings. The highest BCUT2D eigenvalue weighted by Crippen LogP contribution is 2.25. The number of nitrogens with zero attached hydrogens (tertiary/aromatic N) is 2. The average molecular weight is 333 g/mol. The highest BCUT2D eigenvalue weighted by Gasteiger charge is 2.13. The minimum atomic E-state index is -0.0336. The summed E-state index contributed by atoms with van der Waals surface area (Å²) >= 11 is 0. The number of pyridine rings is 1. The fourth-order valence-corrected chi connectivity index (χ4v) is 2.68. The number of hydrogen-bond donors (Lipinski definition) is 1. The number of H-pyrrole nitrogens is 1. The molecular weight excluding hydrogens is 314 g/mol. The molecule has 0 amide bonds. The molecule has 25 heavy (non-hydrogen) atoms. The SMILES string of the molecule is CN=C(/C=C(\C(C)=O)c1cc2ccc(OC)cc2[nH]1)c1ccncc1. The van der Waals surface area contributed by atoms with Gasteiger partial charge in [-0.3, -0.25) is 14.8 Å². The summed E-state index contributed by atoms with van der Waals surface area (Å²) < 4.78 is 5.25. The minimum Gasteiger partial charge on any atom is -0.497 e. The van der Waals surface area contributed by atoms with E-state index < -0.39 is 0 Å². The fourth-order valence-electron chi connectivity index (χ4n) is 2.68. The molecule has 0 unspecified atom stereocenters. The standard InChI is InChI=1S/C20H19N3O2/c1-13(24)17(12-18(21-2)14-6-8-22-9-7-14)20-10-15-4-5-16(25-3)11-19(15)23-20/h4-12,23H,1-3H3/b17-12+,21-18?. The normalized spacial score (nSPS) is 12.4. The predicted molar refractivity (Wildman–Crippen MR) is 100 cm³/mol. The highest BCUT2D eigenvalue weighted by atomic mass is 16.5. The Balaban J connectivity index is 2.08. The maximum atomic E-state index is 12.2. The summed E-state index contributed by atoms with van der Waals surface area (Å²) in [5.74, 6) is 0.732. The van der Waals surface area contributed by atoms with Gasteiger partial charge >= 0.3 is 0 Å². The molecule has 3 rings (SSSR count). The van der Waals surface area contributed by atoms with Gasteiger partial charge in [-0.15, -0.1) is 0 Å². The van der Waals surface area contributed by atoms with Crippen molar-refractivity contribution in [2.75, 3.05) is 14.2 Å². The van der Waals surface area contributed by atoms with Crippen molar-refractivity contribution in [1.82, 2.24) is 9.97 Å². The second-order valence-electron chi connectivity index (χ2n) is 5.60. The van der Waals surface area contributed by atoms with Gasteiger partial charge in [0.25, 0.3) is 0 Å². The van der Waals surface area contributed by atoms with E-state index in [1.54, 1.807) is 39.6 Å². The zero-order chi connectivity index (χ0) is 17.8. The summed E-state index contributed by atoms with van der Waals surface area (Å²) in [6.07, 6.45) is 5.22. The third kappa shape index (κ3) is 3.50. The lowest BCUT2D eigenvalue weighted by Crippen LogP contribution is -2.03. The fraction of sp³-hybridized carbons (Fsp3) is 0.150. The van der Waals surface area contributed by atoms with Crippen molar-refractivity contribution in [2.45, 2.75) is 6.92 Å². The summed E-state index contributed by atoms with van der Waals surface area (Å²) in [5, 5.41) is 1.02. The van der Waals surface area contributed by atoms with Crippen molar-refractivity contribution in [2.24, 2.45) is 4.99 Å². The number of hydrogen-bond acceptors (Lipinski definition) is 4. The molecule has 0 bridgehead atoms. The summed E-state index contributed by atoms with van der Waals surface area (Å²) in [5.41, 5.74) is 3.89. The van der Waals surface area contributed by atoms with Gasteiger partial charge in [-0.2, -0.15) is 0 Å². The van der Waals surface area contributed by atoms with Crippen LogP contribution in [0.5, 0.6) is 5.75 Å². The van der Waals surface area contributed by atoms with E-state index >= 15 is 0 Å². The first-order valence-electron chi connectivity index (χ1n) is 7.89. The van der Waals surface area contributed by atoms with Gasteiger partial charge in [-0.05, 0) is 43.3 Å². The Morgan fingerprint density at radius 2 is 1.96 bits per heavy atom. The number of rotatable bonds is 5. The Kier molecular flexibility index (Phi) is 4.75. The Labute approximate surface area is 146 Å². The van der Waals surface area contributed by atoms with Crippen LogP contribution in [-0.2, 0) is 4.79 Å². The maximum absolute atomic E-state index is 12.2. The molecule has 126 valence electrons. The van der Waals surface area contributed by atoms with Gasteiger partial charge < -0.3 is 9.72 Å². The second-order valence-corrected chi connectivity index (χ2v) is 5.60. The lowest BCUT2D eigenvalue weighted by atomic mass is 10.0. The molecule has 0 saturated heterocycles. The van der Waals surface area contributed by atoms with Crippen LogP contribution in [0.3, 0.4) is 0 Å². The number of carbonyl (C=O) groups is 1. The van der Waals surface area contributed by atoms with Gasteiger partial charge in [0.05, 0.1) is 18.5 Å². The van der Waals surface area contributed by atoms with E-state index in [2.05, 4.69) is 15.0 Å². The first-order chi connectivity index (χ1) is 12.1. The molecule has 0 aliphatic heterocycles. The third-order valence-electron chi connectivity index (χ3n) is 4.00.